The van der Waals surface area contributed by atoms with Gasteiger partial charge in [0.25, 0.3) is 0 Å². The summed E-state index contributed by atoms with van der Waals surface area (Å²) in [4.78, 5) is 48.3. The highest BCUT2D eigenvalue weighted by molar-refractivity contribution is 7.47. The van der Waals surface area contributed by atoms with Crippen molar-refractivity contribution in [2.75, 3.05) is 26.4 Å². The molecule has 3 unspecified atom stereocenters. The number of phosphoric acid groups is 1. The molecule has 0 saturated heterocycles. The van der Waals surface area contributed by atoms with Gasteiger partial charge >= 0.3 is 25.7 Å². The molecule has 68 heavy (non-hydrogen) atoms. The highest BCUT2D eigenvalue weighted by atomic mass is 31.2. The number of carbonyl (C=O) groups excluding carboxylic acids is 3. The molecule has 11 nitrogen and oxygen atoms in total. The van der Waals surface area contributed by atoms with Gasteiger partial charge in [0.2, 0.25) is 0 Å². The number of ether oxygens (including phenoxy) is 3. The second kappa shape index (κ2) is 50.6. The van der Waals surface area contributed by atoms with Gasteiger partial charge in [-0.15, -0.1) is 0 Å². The Morgan fingerprint density at radius 2 is 0.765 bits per heavy atom. The first-order chi connectivity index (χ1) is 33.2. The molecule has 0 aromatic heterocycles. The van der Waals surface area contributed by atoms with Crippen LogP contribution in [0.15, 0.2) is 60.8 Å². The maximum absolute atomic E-state index is 12.9. The van der Waals surface area contributed by atoms with Crippen LogP contribution in [-0.4, -0.2) is 66.5 Å². The zero-order chi connectivity index (χ0) is 49.9. The van der Waals surface area contributed by atoms with Gasteiger partial charge in [-0.3, -0.25) is 23.4 Å². The minimum absolute atomic E-state index is 0.150. The van der Waals surface area contributed by atoms with Gasteiger partial charge in [0.15, 0.2) is 6.10 Å². The molecule has 0 aromatic carbocycles. The van der Waals surface area contributed by atoms with Gasteiger partial charge in [0, 0.05) is 19.3 Å². The van der Waals surface area contributed by atoms with Crippen LogP contribution in [0.4, 0.5) is 0 Å². The molecule has 0 bridgehead atoms. The molecule has 0 heterocycles. The molecule has 0 spiro atoms. The minimum atomic E-state index is -4.74. The number of rotatable bonds is 50. The normalized spacial score (nSPS) is 13.9. The highest BCUT2D eigenvalue weighted by Gasteiger charge is 2.28. The molecule has 0 aliphatic carbocycles. The standard InChI is InChI=1S/C56H99O11P/c1-4-7-10-13-16-19-21-23-24-25-26-27-28-30-32-35-38-41-44-47-56(60)67-53(49-63-54(58)45-42-39-36-34-31-29-22-20-17-14-11-8-5-2)51-65-68(61,62)64-50-52(48-57)66-55(59)46-43-40-37-33-18-15-12-9-6-3/h7,10,16,19-20,22-24,26-27,52-53,57H,4-6,8-9,11-15,17-18,21,25,28-51H2,1-3H3,(H,61,62)/b10-7-,19-16-,22-20-,24-23-,27-26-. The second-order valence-corrected chi connectivity index (χ2v) is 19.5. The van der Waals surface area contributed by atoms with Gasteiger partial charge in [-0.2, -0.15) is 0 Å². The lowest BCUT2D eigenvalue weighted by molar-refractivity contribution is -0.161. The van der Waals surface area contributed by atoms with Crippen LogP contribution in [0.5, 0.6) is 0 Å². The van der Waals surface area contributed by atoms with Crippen molar-refractivity contribution in [1.82, 2.24) is 0 Å². The van der Waals surface area contributed by atoms with E-state index >= 15 is 0 Å². The molecule has 0 aliphatic rings. The summed E-state index contributed by atoms with van der Waals surface area (Å²) in [5, 5.41) is 9.75. The lowest BCUT2D eigenvalue weighted by Crippen LogP contribution is -2.30. The number of phosphoric ester groups is 1. The van der Waals surface area contributed by atoms with Crippen LogP contribution >= 0.6 is 7.82 Å². The molecule has 0 rings (SSSR count). The first-order valence-corrected chi connectivity index (χ1v) is 28.7. The zero-order valence-electron chi connectivity index (χ0n) is 43.3. The monoisotopic (exact) mass is 979 g/mol. The Kier molecular flexibility index (Phi) is 48.5. The molecule has 0 saturated carbocycles. The maximum Gasteiger partial charge on any atom is 0.472 e. The van der Waals surface area contributed by atoms with E-state index in [-0.39, 0.29) is 25.9 Å². The van der Waals surface area contributed by atoms with E-state index < -0.39 is 57.8 Å². The predicted octanol–water partition coefficient (Wildman–Crippen LogP) is 15.6. The Morgan fingerprint density at radius 1 is 0.426 bits per heavy atom. The molecule has 2 N–H and O–H groups in total. The number of aliphatic hydroxyl groups is 1. The summed E-state index contributed by atoms with van der Waals surface area (Å²) in [7, 11) is -4.74. The number of esters is 3. The quantitative estimate of drug-likeness (QED) is 0.0197. The third kappa shape index (κ3) is 48.2. The van der Waals surface area contributed by atoms with Crippen LogP contribution in [-0.2, 0) is 42.2 Å². The summed E-state index contributed by atoms with van der Waals surface area (Å²) in [5.74, 6) is -1.49. The van der Waals surface area contributed by atoms with Crippen molar-refractivity contribution < 1.29 is 52.2 Å². The van der Waals surface area contributed by atoms with Crippen LogP contribution in [0.2, 0.25) is 0 Å². The molecule has 394 valence electrons. The Bertz CT molecular complexity index is 1370. The third-order valence-corrected chi connectivity index (χ3v) is 12.4. The molecule has 0 radical (unpaired) electrons. The second-order valence-electron chi connectivity index (χ2n) is 18.0. The summed E-state index contributed by atoms with van der Waals surface area (Å²) in [5.41, 5.74) is 0. The van der Waals surface area contributed by atoms with Crippen LogP contribution in [0, 0.1) is 0 Å². The van der Waals surface area contributed by atoms with Gasteiger partial charge in [-0.05, 0) is 83.5 Å². The van der Waals surface area contributed by atoms with E-state index in [0.717, 1.165) is 122 Å². The van der Waals surface area contributed by atoms with E-state index in [2.05, 4.69) is 81.5 Å². The van der Waals surface area contributed by atoms with Gasteiger partial charge in [-0.1, -0.05) is 197 Å². The van der Waals surface area contributed by atoms with E-state index in [1.54, 1.807) is 0 Å². The third-order valence-electron chi connectivity index (χ3n) is 11.4. The van der Waals surface area contributed by atoms with Crippen molar-refractivity contribution in [2.24, 2.45) is 0 Å². The van der Waals surface area contributed by atoms with Crippen molar-refractivity contribution in [3.63, 3.8) is 0 Å². The number of hydrogen-bond acceptors (Lipinski definition) is 10. The largest absolute Gasteiger partial charge is 0.472 e. The molecular formula is C56H99O11P. The fourth-order valence-electron chi connectivity index (χ4n) is 7.28. The van der Waals surface area contributed by atoms with Crippen molar-refractivity contribution in [1.29, 1.82) is 0 Å². The van der Waals surface area contributed by atoms with Crippen molar-refractivity contribution in [3.8, 4) is 0 Å². The fraction of sp³-hybridized carbons (Fsp3) is 0.768. The van der Waals surface area contributed by atoms with E-state index in [0.29, 0.717) is 19.3 Å². The molecule has 12 heteroatoms. The van der Waals surface area contributed by atoms with E-state index in [4.69, 9.17) is 23.3 Å². The van der Waals surface area contributed by atoms with Crippen LogP contribution in [0.3, 0.4) is 0 Å². The van der Waals surface area contributed by atoms with Crippen molar-refractivity contribution in [3.05, 3.63) is 60.8 Å². The molecule has 0 aromatic rings. The predicted molar refractivity (Wildman–Crippen MR) is 279 cm³/mol. The number of carbonyl (C=O) groups is 3. The first-order valence-electron chi connectivity index (χ1n) is 27.2. The topological polar surface area (TPSA) is 155 Å². The highest BCUT2D eigenvalue weighted by Crippen LogP contribution is 2.43. The average molecular weight is 979 g/mol. The summed E-state index contributed by atoms with van der Waals surface area (Å²) in [6.45, 7) is 4.46. The van der Waals surface area contributed by atoms with Gasteiger partial charge < -0.3 is 24.2 Å². The summed E-state index contributed by atoms with van der Waals surface area (Å²) in [6, 6.07) is 0. The Labute approximate surface area is 415 Å². The molecular weight excluding hydrogens is 880 g/mol. The van der Waals surface area contributed by atoms with Crippen molar-refractivity contribution in [2.45, 2.75) is 251 Å². The Balaban J connectivity index is 4.76. The van der Waals surface area contributed by atoms with Crippen LogP contribution in [0.25, 0.3) is 0 Å². The van der Waals surface area contributed by atoms with Gasteiger partial charge in [0.05, 0.1) is 19.8 Å². The summed E-state index contributed by atoms with van der Waals surface area (Å²) >= 11 is 0. The summed E-state index contributed by atoms with van der Waals surface area (Å²) < 4.78 is 39.3. The maximum atomic E-state index is 12.9. The van der Waals surface area contributed by atoms with Gasteiger partial charge in [-0.25, -0.2) is 4.57 Å². The van der Waals surface area contributed by atoms with E-state index in [9.17, 15) is 28.9 Å². The average Bonchev–Trinajstić information content (AvgIpc) is 3.32. The van der Waals surface area contributed by atoms with E-state index in [1.165, 1.54) is 57.8 Å². The SMILES string of the molecule is CC/C=C\C/C=C\C/C=C\C/C=C\CCCCCCCCC(=O)OC(COC(=O)CCCCCCC/C=C\CCCCCC)COP(=O)(O)OCC(CO)OC(=O)CCCCCCCCCCC. The Morgan fingerprint density at radius 3 is 1.21 bits per heavy atom. The van der Waals surface area contributed by atoms with E-state index in [1.807, 2.05) is 0 Å². The number of allylic oxidation sites excluding steroid dienone is 10. The lowest BCUT2D eigenvalue weighted by Gasteiger charge is -2.21. The molecule has 0 amide bonds. The molecule has 0 aliphatic heterocycles. The number of hydrogen-bond donors (Lipinski definition) is 2. The minimum Gasteiger partial charge on any atom is -0.462 e. The lowest BCUT2D eigenvalue weighted by atomic mass is 10.1. The number of unbranched alkanes of at least 4 members (excludes halogenated alkanes) is 23. The summed E-state index contributed by atoms with van der Waals surface area (Å²) in [6.07, 6.45) is 53.3. The van der Waals surface area contributed by atoms with Crippen LogP contribution < -0.4 is 0 Å². The number of aliphatic hydroxyl groups excluding tert-OH is 1. The van der Waals surface area contributed by atoms with Gasteiger partial charge in [0.1, 0.15) is 12.7 Å². The first kappa shape index (κ1) is 65.2. The Hall–Kier alpha value is -2.82. The zero-order valence-corrected chi connectivity index (χ0v) is 44.2. The van der Waals surface area contributed by atoms with Crippen molar-refractivity contribution >= 4 is 25.7 Å². The smallest absolute Gasteiger partial charge is 0.462 e. The molecule has 0 fully saturated rings. The van der Waals surface area contributed by atoms with Crippen LogP contribution in [0.1, 0.15) is 239 Å². The fourth-order valence-corrected chi connectivity index (χ4v) is 8.07. The molecule has 3 atom stereocenters.